The van der Waals surface area contributed by atoms with Gasteiger partial charge in [0.2, 0.25) is 5.91 Å². The van der Waals surface area contributed by atoms with Gasteiger partial charge < -0.3 is 10.4 Å². The number of amides is 1. The molecule has 1 heterocycles. The fraction of sp³-hybridized carbons (Fsp3) is 0.562. The van der Waals surface area contributed by atoms with Crippen LogP contribution >= 0.6 is 11.3 Å². The number of anilines is 1. The third-order valence-electron chi connectivity index (χ3n) is 4.50. The molecule has 3 atom stereocenters. The smallest absolute Gasteiger partial charge is 0.307 e. The number of thiazole rings is 1. The molecule has 2 aliphatic carbocycles. The summed E-state index contributed by atoms with van der Waals surface area (Å²) in [5.74, 6) is -1.62. The zero-order chi connectivity index (χ0) is 15.7. The average Bonchev–Trinajstić information content (AvgIpc) is 2.88. The van der Waals surface area contributed by atoms with Crippen LogP contribution in [0.15, 0.2) is 12.2 Å². The molecule has 0 fully saturated rings. The minimum atomic E-state index is -0.906. The van der Waals surface area contributed by atoms with Gasteiger partial charge in [0.05, 0.1) is 17.5 Å². The lowest BCUT2D eigenvalue weighted by atomic mass is 9.82. The highest BCUT2D eigenvalue weighted by Gasteiger charge is 2.34. The number of fused-ring (bicyclic) bond motifs is 1. The predicted octanol–water partition coefficient (Wildman–Crippen LogP) is 2.87. The van der Waals surface area contributed by atoms with Crippen molar-refractivity contribution in [3.8, 4) is 0 Å². The Morgan fingerprint density at radius 3 is 2.77 bits per heavy atom. The number of hydrogen-bond donors (Lipinski definition) is 2. The van der Waals surface area contributed by atoms with Gasteiger partial charge in [0.1, 0.15) is 0 Å². The first-order valence-electron chi connectivity index (χ1n) is 7.72. The first kappa shape index (κ1) is 15.2. The van der Waals surface area contributed by atoms with Crippen LogP contribution in [-0.4, -0.2) is 22.0 Å². The minimum Gasteiger partial charge on any atom is -0.481 e. The molecule has 2 N–H and O–H groups in total. The molecule has 22 heavy (non-hydrogen) atoms. The van der Waals surface area contributed by atoms with Gasteiger partial charge in [-0.25, -0.2) is 4.98 Å². The maximum Gasteiger partial charge on any atom is 0.307 e. The molecule has 2 aliphatic rings. The molecule has 0 radical (unpaired) electrons. The molecule has 1 aromatic rings. The van der Waals surface area contributed by atoms with Gasteiger partial charge >= 0.3 is 5.97 Å². The van der Waals surface area contributed by atoms with Crippen molar-refractivity contribution in [3.63, 3.8) is 0 Å². The van der Waals surface area contributed by atoms with Crippen LogP contribution < -0.4 is 5.32 Å². The second-order valence-electron chi connectivity index (χ2n) is 6.22. The van der Waals surface area contributed by atoms with Gasteiger partial charge in [-0.3, -0.25) is 9.59 Å². The lowest BCUT2D eigenvalue weighted by molar-refractivity contribution is -0.146. The molecule has 0 unspecified atom stereocenters. The topological polar surface area (TPSA) is 79.3 Å². The van der Waals surface area contributed by atoms with Crippen molar-refractivity contribution in [2.45, 2.75) is 39.0 Å². The summed E-state index contributed by atoms with van der Waals surface area (Å²) in [6.45, 7) is 2.23. The number of carboxylic acid groups (broad SMARTS) is 1. The van der Waals surface area contributed by atoms with E-state index in [1.165, 1.54) is 16.2 Å². The number of rotatable bonds is 3. The van der Waals surface area contributed by atoms with E-state index in [4.69, 9.17) is 0 Å². The van der Waals surface area contributed by atoms with Crippen LogP contribution in [0.4, 0.5) is 5.13 Å². The Morgan fingerprint density at radius 2 is 2.05 bits per heavy atom. The van der Waals surface area contributed by atoms with Gasteiger partial charge in [0.15, 0.2) is 5.13 Å². The molecule has 3 rings (SSSR count). The summed E-state index contributed by atoms with van der Waals surface area (Å²) in [4.78, 5) is 29.5. The summed E-state index contributed by atoms with van der Waals surface area (Å²) in [6, 6.07) is 0. The quantitative estimate of drug-likeness (QED) is 0.839. The zero-order valence-electron chi connectivity index (χ0n) is 12.5. The number of nitrogens with zero attached hydrogens (tertiary/aromatic N) is 1. The van der Waals surface area contributed by atoms with Crippen LogP contribution in [0.5, 0.6) is 0 Å². The Labute approximate surface area is 133 Å². The molecule has 0 spiro atoms. The first-order valence-corrected chi connectivity index (χ1v) is 8.53. The molecule has 0 aromatic carbocycles. The second kappa shape index (κ2) is 6.20. The summed E-state index contributed by atoms with van der Waals surface area (Å²) in [7, 11) is 0. The number of hydrogen-bond acceptors (Lipinski definition) is 4. The molecule has 0 bridgehead atoms. The number of aryl methyl sites for hydroxylation is 1. The Kier molecular flexibility index (Phi) is 4.29. The second-order valence-corrected chi connectivity index (χ2v) is 7.30. The summed E-state index contributed by atoms with van der Waals surface area (Å²) in [6.07, 6.45) is 7.74. The van der Waals surface area contributed by atoms with Crippen molar-refractivity contribution in [2.75, 3.05) is 5.32 Å². The van der Waals surface area contributed by atoms with Crippen molar-refractivity contribution in [1.82, 2.24) is 4.98 Å². The lowest BCUT2D eigenvalue weighted by Crippen LogP contribution is -2.34. The Hall–Kier alpha value is -1.69. The molecule has 0 saturated carbocycles. The van der Waals surface area contributed by atoms with Crippen molar-refractivity contribution in [1.29, 1.82) is 0 Å². The van der Waals surface area contributed by atoms with Crippen LogP contribution in [0.3, 0.4) is 0 Å². The summed E-state index contributed by atoms with van der Waals surface area (Å²) in [5, 5.41) is 12.7. The number of carbonyl (C=O) groups excluding carboxylic acids is 1. The standard InChI is InChI=1S/C16H20N2O3S/c1-9-6-7-12-13(8-9)22-16(17-12)18-14(19)10-4-2-3-5-11(10)15(20)21/h2-3,9-11H,4-8H2,1H3,(H,20,21)(H,17,18,19)/t9-,10-,11-/m1/s1. The van der Waals surface area contributed by atoms with E-state index in [9.17, 15) is 14.7 Å². The van der Waals surface area contributed by atoms with E-state index in [0.29, 0.717) is 23.9 Å². The molecule has 1 amide bonds. The SMILES string of the molecule is C[C@@H]1CCc2nc(NC(=O)[C@@H]3CC=CC[C@H]3C(=O)O)sc2C1. The van der Waals surface area contributed by atoms with Crippen LogP contribution in [0.1, 0.15) is 36.8 Å². The molecular weight excluding hydrogens is 300 g/mol. The van der Waals surface area contributed by atoms with E-state index >= 15 is 0 Å². The molecule has 0 saturated heterocycles. The summed E-state index contributed by atoms with van der Waals surface area (Å²) >= 11 is 1.53. The predicted molar refractivity (Wildman–Crippen MR) is 84.9 cm³/mol. The molecule has 1 aromatic heterocycles. The normalized spacial score (nSPS) is 27.2. The monoisotopic (exact) mass is 320 g/mol. The number of allylic oxidation sites excluding steroid dienone is 2. The minimum absolute atomic E-state index is 0.226. The van der Waals surface area contributed by atoms with E-state index in [0.717, 1.165) is 25.0 Å². The van der Waals surface area contributed by atoms with Crippen molar-refractivity contribution >= 4 is 28.3 Å². The van der Waals surface area contributed by atoms with Gasteiger partial charge in [-0.1, -0.05) is 19.1 Å². The van der Waals surface area contributed by atoms with Crippen LogP contribution in [0, 0.1) is 17.8 Å². The fourth-order valence-electron chi connectivity index (χ4n) is 3.17. The number of carboxylic acids is 1. The van der Waals surface area contributed by atoms with E-state index in [2.05, 4.69) is 17.2 Å². The average molecular weight is 320 g/mol. The van der Waals surface area contributed by atoms with Gasteiger partial charge in [0, 0.05) is 4.88 Å². The van der Waals surface area contributed by atoms with Crippen LogP contribution in [0.2, 0.25) is 0 Å². The van der Waals surface area contributed by atoms with Gasteiger partial charge in [-0.15, -0.1) is 11.3 Å². The summed E-state index contributed by atoms with van der Waals surface area (Å²) in [5.41, 5.74) is 1.09. The largest absolute Gasteiger partial charge is 0.481 e. The Balaban J connectivity index is 1.71. The van der Waals surface area contributed by atoms with Gasteiger partial charge in [-0.05, 0) is 38.0 Å². The van der Waals surface area contributed by atoms with E-state index in [1.807, 2.05) is 12.2 Å². The molecular formula is C16H20N2O3S. The van der Waals surface area contributed by atoms with E-state index in [1.54, 1.807) is 0 Å². The fourth-order valence-corrected chi connectivity index (χ4v) is 4.34. The zero-order valence-corrected chi connectivity index (χ0v) is 13.4. The van der Waals surface area contributed by atoms with Gasteiger partial charge in [0.25, 0.3) is 0 Å². The Bertz CT molecular complexity index is 623. The van der Waals surface area contributed by atoms with Gasteiger partial charge in [-0.2, -0.15) is 0 Å². The van der Waals surface area contributed by atoms with Crippen molar-refractivity contribution in [3.05, 3.63) is 22.7 Å². The highest BCUT2D eigenvalue weighted by atomic mass is 32.1. The highest BCUT2D eigenvalue weighted by Crippen LogP contribution is 2.33. The van der Waals surface area contributed by atoms with Crippen molar-refractivity contribution < 1.29 is 14.7 Å². The first-order chi connectivity index (χ1) is 10.5. The molecule has 6 heteroatoms. The van der Waals surface area contributed by atoms with Crippen molar-refractivity contribution in [2.24, 2.45) is 17.8 Å². The lowest BCUT2D eigenvalue weighted by Gasteiger charge is -2.23. The van der Waals surface area contributed by atoms with E-state index < -0.39 is 17.8 Å². The summed E-state index contributed by atoms with van der Waals surface area (Å²) < 4.78 is 0. The maximum absolute atomic E-state index is 12.4. The molecule has 0 aliphatic heterocycles. The number of carbonyl (C=O) groups is 2. The number of nitrogens with one attached hydrogen (secondary N) is 1. The van der Waals surface area contributed by atoms with E-state index in [-0.39, 0.29) is 5.91 Å². The Morgan fingerprint density at radius 1 is 1.32 bits per heavy atom. The van der Waals surface area contributed by atoms with Crippen LogP contribution in [0.25, 0.3) is 0 Å². The molecule has 5 nitrogen and oxygen atoms in total. The molecule has 118 valence electrons. The third-order valence-corrected chi connectivity index (χ3v) is 5.54. The number of aliphatic carboxylic acids is 1. The van der Waals surface area contributed by atoms with Crippen LogP contribution in [-0.2, 0) is 22.4 Å². The highest BCUT2D eigenvalue weighted by molar-refractivity contribution is 7.15. The maximum atomic E-state index is 12.4. The third kappa shape index (κ3) is 3.06. The number of aromatic nitrogens is 1.